The van der Waals surface area contributed by atoms with Gasteiger partial charge in [-0.05, 0) is 52.7 Å². The Morgan fingerprint density at radius 1 is 1.10 bits per heavy atom. The Labute approximate surface area is 171 Å². The number of ether oxygens (including phenoxy) is 2. The van der Waals surface area contributed by atoms with Gasteiger partial charge in [-0.3, -0.25) is 4.79 Å². The second-order valence-electron chi connectivity index (χ2n) is 8.55. The van der Waals surface area contributed by atoms with Crippen LogP contribution >= 0.6 is 0 Å². The minimum Gasteiger partial charge on any atom is -0.454 e. The van der Waals surface area contributed by atoms with Crippen LogP contribution in [0.5, 0.6) is 11.5 Å². The third-order valence-corrected chi connectivity index (χ3v) is 5.35. The van der Waals surface area contributed by atoms with E-state index in [0.717, 1.165) is 23.5 Å². The Morgan fingerprint density at radius 2 is 1.86 bits per heavy atom. The van der Waals surface area contributed by atoms with Crippen molar-refractivity contribution in [3.63, 3.8) is 0 Å². The molecule has 2 atom stereocenters. The molecule has 2 aliphatic rings. The lowest BCUT2D eigenvalue weighted by atomic mass is 9.86. The third-order valence-electron chi connectivity index (χ3n) is 5.35. The van der Waals surface area contributed by atoms with Crippen LogP contribution in [-0.2, 0) is 10.2 Å². The molecule has 0 aromatic heterocycles. The van der Waals surface area contributed by atoms with E-state index in [-0.39, 0.29) is 24.0 Å². The van der Waals surface area contributed by atoms with Crippen LogP contribution in [0.3, 0.4) is 0 Å². The Hall–Kier alpha value is -3.08. The molecule has 4 rings (SSSR count). The van der Waals surface area contributed by atoms with Crippen molar-refractivity contribution in [1.82, 2.24) is 5.43 Å². The molecule has 1 saturated carbocycles. The largest absolute Gasteiger partial charge is 0.454 e. The van der Waals surface area contributed by atoms with Gasteiger partial charge in [-0.1, -0.05) is 57.2 Å². The molecule has 0 radical (unpaired) electrons. The van der Waals surface area contributed by atoms with Crippen LogP contribution in [0.2, 0.25) is 0 Å². The molecule has 2 aromatic carbocycles. The van der Waals surface area contributed by atoms with Gasteiger partial charge in [-0.25, -0.2) is 5.43 Å². The number of carbonyl (C=O) groups excluding carboxylic acids is 1. The van der Waals surface area contributed by atoms with Crippen LogP contribution in [0.15, 0.2) is 53.6 Å². The Kier molecular flexibility index (Phi) is 5.14. The van der Waals surface area contributed by atoms with E-state index in [2.05, 4.69) is 55.6 Å². The molecule has 0 saturated heterocycles. The fourth-order valence-electron chi connectivity index (χ4n) is 3.48. The van der Waals surface area contributed by atoms with Gasteiger partial charge < -0.3 is 9.47 Å². The topological polar surface area (TPSA) is 59.9 Å². The predicted molar refractivity (Wildman–Crippen MR) is 114 cm³/mol. The lowest BCUT2D eigenvalue weighted by Gasteiger charge is -2.19. The molecule has 5 nitrogen and oxygen atoms in total. The minimum absolute atomic E-state index is 0.00507. The molecule has 5 heteroatoms. The first kappa shape index (κ1) is 19.2. The zero-order chi connectivity index (χ0) is 20.4. The lowest BCUT2D eigenvalue weighted by molar-refractivity contribution is -0.122. The van der Waals surface area contributed by atoms with E-state index in [4.69, 9.17) is 9.47 Å². The highest BCUT2D eigenvalue weighted by atomic mass is 16.7. The van der Waals surface area contributed by atoms with Crippen molar-refractivity contribution in [3.05, 3.63) is 65.2 Å². The van der Waals surface area contributed by atoms with Gasteiger partial charge in [0.05, 0.1) is 0 Å². The lowest BCUT2D eigenvalue weighted by Crippen LogP contribution is -2.19. The normalized spacial score (nSPS) is 20.4. The molecule has 1 aliphatic heterocycles. The first-order valence-corrected chi connectivity index (χ1v) is 9.91. The highest BCUT2D eigenvalue weighted by molar-refractivity contribution is 5.85. The number of rotatable bonds is 5. The molecule has 150 valence electrons. The van der Waals surface area contributed by atoms with Crippen LogP contribution < -0.4 is 14.9 Å². The Morgan fingerprint density at radius 3 is 2.62 bits per heavy atom. The van der Waals surface area contributed by atoms with Gasteiger partial charge in [-0.2, -0.15) is 5.10 Å². The van der Waals surface area contributed by atoms with Crippen LogP contribution in [-0.4, -0.2) is 18.9 Å². The summed E-state index contributed by atoms with van der Waals surface area (Å²) in [5.41, 5.74) is 6.30. The number of amides is 1. The zero-order valence-corrected chi connectivity index (χ0v) is 17.0. The maximum Gasteiger partial charge on any atom is 0.243 e. The number of hydrogen-bond acceptors (Lipinski definition) is 4. The maximum atomic E-state index is 12.3. The molecule has 1 amide bonds. The number of hydrazone groups is 1. The number of nitrogens with one attached hydrogen (secondary N) is 1. The minimum atomic E-state index is -0.0253. The summed E-state index contributed by atoms with van der Waals surface area (Å²) in [5, 5.41) is 4.03. The van der Waals surface area contributed by atoms with E-state index in [0.29, 0.717) is 5.92 Å². The molecule has 0 bridgehead atoms. The maximum absolute atomic E-state index is 12.3. The van der Waals surface area contributed by atoms with Gasteiger partial charge >= 0.3 is 0 Å². The molecule has 0 spiro atoms. The van der Waals surface area contributed by atoms with Crippen LogP contribution in [0.1, 0.15) is 49.8 Å². The SMILES string of the molecule is CC(C)(C)c1ccc([C@@H]2C[C@H]2C(=O)NN=C/C=C\c2ccc3c(c2)OCO3)cc1. The van der Waals surface area contributed by atoms with Crippen molar-refractivity contribution in [2.45, 2.75) is 38.5 Å². The summed E-state index contributed by atoms with van der Waals surface area (Å²) >= 11 is 0. The number of nitrogens with zero attached hydrogens (tertiary/aromatic N) is 1. The van der Waals surface area contributed by atoms with Gasteiger partial charge in [-0.15, -0.1) is 0 Å². The van der Waals surface area contributed by atoms with E-state index in [9.17, 15) is 4.79 Å². The summed E-state index contributed by atoms with van der Waals surface area (Å²) in [6, 6.07) is 14.4. The second kappa shape index (κ2) is 7.74. The summed E-state index contributed by atoms with van der Waals surface area (Å²) in [6.45, 7) is 6.87. The van der Waals surface area contributed by atoms with Crippen LogP contribution in [0.4, 0.5) is 0 Å². The average molecular weight is 390 g/mol. The van der Waals surface area contributed by atoms with Crippen LogP contribution in [0, 0.1) is 5.92 Å². The van der Waals surface area contributed by atoms with Crippen molar-refractivity contribution < 1.29 is 14.3 Å². The zero-order valence-electron chi connectivity index (χ0n) is 17.0. The molecule has 1 aliphatic carbocycles. The summed E-state index contributed by atoms with van der Waals surface area (Å²) in [5.74, 6) is 1.78. The predicted octanol–water partition coefficient (Wildman–Crippen LogP) is 4.63. The van der Waals surface area contributed by atoms with Crippen molar-refractivity contribution >= 4 is 18.2 Å². The molecule has 1 fully saturated rings. The van der Waals surface area contributed by atoms with Gasteiger partial charge in [0.25, 0.3) is 0 Å². The number of allylic oxidation sites excluding steroid dienone is 1. The van der Waals surface area contributed by atoms with Gasteiger partial charge in [0, 0.05) is 12.1 Å². The Bertz CT molecular complexity index is 955. The van der Waals surface area contributed by atoms with Gasteiger partial charge in [0.1, 0.15) is 0 Å². The van der Waals surface area contributed by atoms with E-state index in [1.54, 1.807) is 12.3 Å². The Balaban J connectivity index is 1.26. The molecular weight excluding hydrogens is 364 g/mol. The van der Waals surface area contributed by atoms with E-state index in [1.165, 1.54) is 11.1 Å². The monoisotopic (exact) mass is 390 g/mol. The standard InChI is InChI=1S/C24H26N2O3/c1-24(2,3)18-9-7-17(8-10-18)19-14-20(19)23(27)26-25-12-4-5-16-6-11-21-22(13-16)29-15-28-21/h4-13,19-20H,14-15H2,1-3H3,(H,26,27)/b5-4-,25-12?/t19-,20+/m0/s1. The number of carbonyl (C=O) groups is 1. The molecule has 0 unspecified atom stereocenters. The van der Waals surface area contributed by atoms with Gasteiger partial charge in [0.15, 0.2) is 11.5 Å². The number of benzene rings is 2. The van der Waals surface area contributed by atoms with Gasteiger partial charge in [0.2, 0.25) is 12.7 Å². The number of fused-ring (bicyclic) bond motifs is 1. The smallest absolute Gasteiger partial charge is 0.243 e. The first-order valence-electron chi connectivity index (χ1n) is 9.91. The summed E-state index contributed by atoms with van der Waals surface area (Å²) < 4.78 is 10.6. The molecule has 2 aromatic rings. The van der Waals surface area contributed by atoms with E-state index in [1.807, 2.05) is 24.3 Å². The fourth-order valence-corrected chi connectivity index (χ4v) is 3.48. The highest BCUT2D eigenvalue weighted by Gasteiger charge is 2.43. The molecule has 1 heterocycles. The van der Waals surface area contributed by atoms with E-state index >= 15 is 0 Å². The third kappa shape index (κ3) is 4.50. The van der Waals surface area contributed by atoms with Crippen molar-refractivity contribution in [3.8, 4) is 11.5 Å². The van der Waals surface area contributed by atoms with Crippen molar-refractivity contribution in [1.29, 1.82) is 0 Å². The molecule has 1 N–H and O–H groups in total. The summed E-state index contributed by atoms with van der Waals surface area (Å²) in [6.07, 6.45) is 6.14. The fraction of sp³-hybridized carbons (Fsp3) is 0.333. The van der Waals surface area contributed by atoms with Crippen LogP contribution in [0.25, 0.3) is 6.08 Å². The number of hydrogen-bond donors (Lipinski definition) is 1. The highest BCUT2D eigenvalue weighted by Crippen LogP contribution is 2.47. The van der Waals surface area contributed by atoms with Crippen molar-refractivity contribution in [2.75, 3.05) is 6.79 Å². The summed E-state index contributed by atoms with van der Waals surface area (Å²) in [4.78, 5) is 12.3. The van der Waals surface area contributed by atoms with Crippen molar-refractivity contribution in [2.24, 2.45) is 11.0 Å². The quantitative estimate of drug-likeness (QED) is 0.598. The van der Waals surface area contributed by atoms with E-state index < -0.39 is 0 Å². The second-order valence-corrected chi connectivity index (χ2v) is 8.55. The summed E-state index contributed by atoms with van der Waals surface area (Å²) in [7, 11) is 0. The molecule has 29 heavy (non-hydrogen) atoms. The molecular formula is C24H26N2O3. The first-order chi connectivity index (χ1) is 13.9. The average Bonchev–Trinajstić information content (AvgIpc) is 3.37.